The molecule has 1 rings (SSSR count). The average molecular weight is 277 g/mol. The van der Waals surface area contributed by atoms with Crippen LogP contribution in [0.1, 0.15) is 6.92 Å². The van der Waals surface area contributed by atoms with Gasteiger partial charge in [0.05, 0.1) is 11.6 Å². The zero-order chi connectivity index (χ0) is 11.4. The van der Waals surface area contributed by atoms with Gasteiger partial charge in [0.2, 0.25) is 0 Å². The van der Waals surface area contributed by atoms with Crippen molar-refractivity contribution in [3.63, 3.8) is 0 Å². The number of esters is 1. The van der Waals surface area contributed by atoms with E-state index >= 15 is 0 Å². The van der Waals surface area contributed by atoms with Crippen molar-refractivity contribution in [3.8, 4) is 5.75 Å². The summed E-state index contributed by atoms with van der Waals surface area (Å²) in [7, 11) is 1.28. The molecular formula is C10H10BrFO3. The van der Waals surface area contributed by atoms with Crippen molar-refractivity contribution in [2.24, 2.45) is 0 Å². The molecule has 0 aliphatic rings. The van der Waals surface area contributed by atoms with Gasteiger partial charge >= 0.3 is 5.97 Å². The Hall–Kier alpha value is -1.10. The Labute approximate surface area is 95.3 Å². The van der Waals surface area contributed by atoms with Crippen molar-refractivity contribution in [1.82, 2.24) is 0 Å². The monoisotopic (exact) mass is 276 g/mol. The van der Waals surface area contributed by atoms with Crippen LogP contribution in [-0.4, -0.2) is 19.2 Å². The van der Waals surface area contributed by atoms with Gasteiger partial charge in [-0.05, 0) is 41.1 Å². The van der Waals surface area contributed by atoms with E-state index in [9.17, 15) is 9.18 Å². The molecule has 0 saturated heterocycles. The SMILES string of the molecule is COC(=O)[C@H](C)Oc1ccc(F)c(Br)c1. The van der Waals surface area contributed by atoms with Gasteiger partial charge in [0, 0.05) is 0 Å². The van der Waals surface area contributed by atoms with E-state index in [4.69, 9.17) is 4.74 Å². The summed E-state index contributed by atoms with van der Waals surface area (Å²) in [6.07, 6.45) is -0.715. The van der Waals surface area contributed by atoms with Crippen LogP contribution in [0, 0.1) is 5.82 Å². The van der Waals surface area contributed by atoms with Crippen LogP contribution in [0.25, 0.3) is 0 Å². The summed E-state index contributed by atoms with van der Waals surface area (Å²) in [4.78, 5) is 11.0. The second-order valence-corrected chi connectivity index (χ2v) is 3.71. The first kappa shape index (κ1) is 12.0. The van der Waals surface area contributed by atoms with E-state index in [1.54, 1.807) is 6.92 Å². The fourth-order valence-electron chi connectivity index (χ4n) is 0.968. The van der Waals surface area contributed by atoms with E-state index in [1.165, 1.54) is 25.3 Å². The van der Waals surface area contributed by atoms with Gasteiger partial charge in [-0.15, -0.1) is 0 Å². The van der Waals surface area contributed by atoms with Crippen LogP contribution in [-0.2, 0) is 9.53 Å². The summed E-state index contributed by atoms with van der Waals surface area (Å²) >= 11 is 3.02. The highest BCUT2D eigenvalue weighted by molar-refractivity contribution is 9.10. The first-order valence-electron chi connectivity index (χ1n) is 4.24. The van der Waals surface area contributed by atoms with Crippen LogP contribution >= 0.6 is 15.9 Å². The summed E-state index contributed by atoms with van der Waals surface area (Å²) < 4.78 is 22.9. The predicted octanol–water partition coefficient (Wildman–Crippen LogP) is 2.53. The van der Waals surface area contributed by atoms with Gasteiger partial charge < -0.3 is 9.47 Å². The molecule has 82 valence electrons. The highest BCUT2D eigenvalue weighted by Crippen LogP contribution is 2.22. The molecule has 0 saturated carbocycles. The van der Waals surface area contributed by atoms with E-state index in [-0.39, 0.29) is 10.3 Å². The topological polar surface area (TPSA) is 35.5 Å². The molecule has 0 bridgehead atoms. The molecule has 0 amide bonds. The van der Waals surface area contributed by atoms with Crippen LogP contribution in [0.15, 0.2) is 22.7 Å². The van der Waals surface area contributed by atoms with Crippen molar-refractivity contribution < 1.29 is 18.7 Å². The summed E-state index contributed by atoms with van der Waals surface area (Å²) in [5.41, 5.74) is 0. The maximum atomic E-state index is 12.9. The van der Waals surface area contributed by atoms with Crippen molar-refractivity contribution in [2.75, 3.05) is 7.11 Å². The van der Waals surface area contributed by atoms with Crippen molar-refractivity contribution in [1.29, 1.82) is 0 Å². The third kappa shape index (κ3) is 3.20. The maximum absolute atomic E-state index is 12.9. The first-order chi connectivity index (χ1) is 7.04. The summed E-state index contributed by atoms with van der Waals surface area (Å²) in [6, 6.07) is 4.15. The molecule has 0 fully saturated rings. The first-order valence-corrected chi connectivity index (χ1v) is 5.03. The number of benzene rings is 1. The Bertz CT molecular complexity index is 368. The predicted molar refractivity (Wildman–Crippen MR) is 56.2 cm³/mol. The lowest BCUT2D eigenvalue weighted by atomic mass is 10.3. The number of carbonyl (C=O) groups is 1. The minimum absolute atomic E-state index is 0.289. The number of hydrogen-bond donors (Lipinski definition) is 0. The van der Waals surface area contributed by atoms with E-state index in [2.05, 4.69) is 20.7 Å². The summed E-state index contributed by atoms with van der Waals surface area (Å²) in [6.45, 7) is 1.56. The Kier molecular flexibility index (Phi) is 4.08. The molecule has 5 heteroatoms. The molecule has 0 radical (unpaired) electrons. The lowest BCUT2D eigenvalue weighted by molar-refractivity contribution is -0.147. The largest absolute Gasteiger partial charge is 0.479 e. The Balaban J connectivity index is 2.73. The second kappa shape index (κ2) is 5.11. The molecule has 0 heterocycles. The molecule has 0 aromatic heterocycles. The van der Waals surface area contributed by atoms with Gasteiger partial charge in [-0.2, -0.15) is 0 Å². The Morgan fingerprint density at radius 2 is 2.20 bits per heavy atom. The Morgan fingerprint density at radius 3 is 2.73 bits per heavy atom. The number of hydrogen-bond acceptors (Lipinski definition) is 3. The fourth-order valence-corrected chi connectivity index (χ4v) is 1.33. The smallest absolute Gasteiger partial charge is 0.346 e. The lowest BCUT2D eigenvalue weighted by Crippen LogP contribution is -2.24. The quantitative estimate of drug-likeness (QED) is 0.796. The zero-order valence-corrected chi connectivity index (χ0v) is 9.88. The van der Waals surface area contributed by atoms with Crippen LogP contribution in [0.5, 0.6) is 5.75 Å². The molecule has 15 heavy (non-hydrogen) atoms. The van der Waals surface area contributed by atoms with Gasteiger partial charge in [0.1, 0.15) is 11.6 Å². The standard InChI is InChI=1S/C10H10BrFO3/c1-6(10(13)14-2)15-7-3-4-9(12)8(11)5-7/h3-6H,1-2H3/t6-/m0/s1. The lowest BCUT2D eigenvalue weighted by Gasteiger charge is -2.12. The molecule has 0 N–H and O–H groups in total. The molecular weight excluding hydrogens is 267 g/mol. The van der Waals surface area contributed by atoms with Crippen molar-refractivity contribution in [2.45, 2.75) is 13.0 Å². The van der Waals surface area contributed by atoms with Crippen molar-refractivity contribution >= 4 is 21.9 Å². The van der Waals surface area contributed by atoms with Crippen molar-refractivity contribution in [3.05, 3.63) is 28.5 Å². The van der Waals surface area contributed by atoms with E-state index < -0.39 is 12.1 Å². The molecule has 3 nitrogen and oxygen atoms in total. The number of methoxy groups -OCH3 is 1. The average Bonchev–Trinajstić information content (AvgIpc) is 2.22. The molecule has 0 aliphatic heterocycles. The third-order valence-electron chi connectivity index (χ3n) is 1.74. The minimum Gasteiger partial charge on any atom is -0.479 e. The maximum Gasteiger partial charge on any atom is 0.346 e. The molecule has 0 aliphatic carbocycles. The van der Waals surface area contributed by atoms with Gasteiger partial charge in [-0.25, -0.2) is 9.18 Å². The van der Waals surface area contributed by atoms with Crippen LogP contribution in [0.2, 0.25) is 0 Å². The summed E-state index contributed by atoms with van der Waals surface area (Å²) in [5, 5.41) is 0. The fraction of sp³-hybridized carbons (Fsp3) is 0.300. The molecule has 0 spiro atoms. The molecule has 1 atom stereocenters. The number of carbonyl (C=O) groups excluding carboxylic acids is 1. The van der Waals surface area contributed by atoms with Crippen LogP contribution in [0.3, 0.4) is 0 Å². The van der Waals surface area contributed by atoms with E-state index in [0.717, 1.165) is 0 Å². The van der Waals surface area contributed by atoms with Gasteiger partial charge in [0.25, 0.3) is 0 Å². The van der Waals surface area contributed by atoms with E-state index in [0.29, 0.717) is 5.75 Å². The highest BCUT2D eigenvalue weighted by atomic mass is 79.9. The molecule has 1 aromatic rings. The van der Waals surface area contributed by atoms with Gasteiger partial charge in [0.15, 0.2) is 6.10 Å². The number of ether oxygens (including phenoxy) is 2. The second-order valence-electron chi connectivity index (χ2n) is 2.86. The number of rotatable bonds is 3. The van der Waals surface area contributed by atoms with Gasteiger partial charge in [-0.3, -0.25) is 0 Å². The van der Waals surface area contributed by atoms with Gasteiger partial charge in [-0.1, -0.05) is 0 Å². The minimum atomic E-state index is -0.715. The van der Waals surface area contributed by atoms with Crippen LogP contribution in [0.4, 0.5) is 4.39 Å². The molecule has 1 aromatic carbocycles. The number of halogens is 2. The Morgan fingerprint density at radius 1 is 1.53 bits per heavy atom. The zero-order valence-electron chi connectivity index (χ0n) is 8.29. The summed E-state index contributed by atoms with van der Waals surface area (Å²) in [5.74, 6) is -0.454. The highest BCUT2D eigenvalue weighted by Gasteiger charge is 2.15. The van der Waals surface area contributed by atoms with Crippen LogP contribution < -0.4 is 4.74 Å². The normalized spacial score (nSPS) is 12.0. The third-order valence-corrected chi connectivity index (χ3v) is 2.34. The molecule has 0 unspecified atom stereocenters. The van der Waals surface area contributed by atoms with E-state index in [1.807, 2.05) is 0 Å².